The van der Waals surface area contributed by atoms with Crippen molar-refractivity contribution in [3.05, 3.63) is 41.6 Å². The minimum absolute atomic E-state index is 0.107. The van der Waals surface area contributed by atoms with Crippen molar-refractivity contribution in [1.29, 1.82) is 0 Å². The number of amides is 1. The zero-order valence-corrected chi connectivity index (χ0v) is 12.4. The molecule has 0 saturated carbocycles. The van der Waals surface area contributed by atoms with E-state index in [0.717, 1.165) is 5.56 Å². The lowest BCUT2D eigenvalue weighted by atomic mass is 10.1. The number of benzene rings is 1. The predicted molar refractivity (Wildman–Crippen MR) is 79.2 cm³/mol. The first-order valence-corrected chi connectivity index (χ1v) is 7.05. The lowest BCUT2D eigenvalue weighted by Crippen LogP contribution is -2.52. The highest BCUT2D eigenvalue weighted by Gasteiger charge is 2.29. The molecule has 1 aromatic rings. The van der Waals surface area contributed by atoms with Crippen LogP contribution in [-0.4, -0.2) is 42.4 Å². The Morgan fingerprint density at radius 2 is 2.14 bits per heavy atom. The number of ether oxygens (including phenoxy) is 1. The third-order valence-electron chi connectivity index (χ3n) is 3.42. The molecule has 2 rings (SSSR count). The van der Waals surface area contributed by atoms with E-state index in [4.69, 9.17) is 4.74 Å². The van der Waals surface area contributed by atoms with Gasteiger partial charge in [0, 0.05) is 13.5 Å². The third-order valence-corrected chi connectivity index (χ3v) is 3.42. The molecular weight excluding hydrogens is 284 g/mol. The topological polar surface area (TPSA) is 75.7 Å². The normalized spacial score (nSPS) is 17.7. The molecule has 0 bridgehead atoms. The summed E-state index contributed by atoms with van der Waals surface area (Å²) in [5, 5.41) is 2.81. The number of hydrogen-bond donors (Lipinski definition) is 1. The van der Waals surface area contributed by atoms with Gasteiger partial charge in [-0.25, -0.2) is 4.79 Å². The Hall–Kier alpha value is -2.59. The van der Waals surface area contributed by atoms with Gasteiger partial charge >= 0.3 is 5.97 Å². The van der Waals surface area contributed by atoms with E-state index in [1.54, 1.807) is 13.0 Å². The quantitative estimate of drug-likeness (QED) is 0.638. The second kappa shape index (κ2) is 7.43. The van der Waals surface area contributed by atoms with Crippen LogP contribution in [0.3, 0.4) is 0 Å². The molecule has 22 heavy (non-hydrogen) atoms. The van der Waals surface area contributed by atoms with Crippen LogP contribution in [-0.2, 0) is 25.7 Å². The minimum Gasteiger partial charge on any atom is -0.461 e. The average molecular weight is 302 g/mol. The fraction of sp³-hybridized carbons (Fsp3) is 0.375. The van der Waals surface area contributed by atoms with E-state index in [0.29, 0.717) is 5.70 Å². The first-order valence-electron chi connectivity index (χ1n) is 7.05. The SMILES string of the molecule is CN1CC(=C=O)NC(CCC(=O)OCc2ccccc2)C1=O. The number of carbonyl (C=O) groups excluding carboxylic acids is 3. The minimum atomic E-state index is -0.584. The largest absolute Gasteiger partial charge is 0.461 e. The van der Waals surface area contributed by atoms with Crippen molar-refractivity contribution in [2.75, 3.05) is 13.6 Å². The predicted octanol–water partition coefficient (Wildman–Crippen LogP) is 0.656. The molecule has 1 fully saturated rings. The van der Waals surface area contributed by atoms with Gasteiger partial charge < -0.3 is 15.0 Å². The molecule has 1 unspecified atom stereocenters. The van der Waals surface area contributed by atoms with E-state index in [-0.39, 0.29) is 37.9 Å². The molecule has 6 heteroatoms. The van der Waals surface area contributed by atoms with Crippen LogP contribution in [0.4, 0.5) is 0 Å². The van der Waals surface area contributed by atoms with E-state index >= 15 is 0 Å². The van der Waals surface area contributed by atoms with Crippen LogP contribution in [0.15, 0.2) is 36.0 Å². The fourth-order valence-electron chi connectivity index (χ4n) is 2.23. The van der Waals surface area contributed by atoms with Gasteiger partial charge in [-0.1, -0.05) is 30.3 Å². The summed E-state index contributed by atoms with van der Waals surface area (Å²) in [4.78, 5) is 35.8. The smallest absolute Gasteiger partial charge is 0.306 e. The van der Waals surface area contributed by atoms with Crippen LogP contribution < -0.4 is 5.32 Å². The first-order chi connectivity index (χ1) is 10.6. The van der Waals surface area contributed by atoms with Gasteiger partial charge in [0.25, 0.3) is 0 Å². The highest BCUT2D eigenvalue weighted by atomic mass is 16.5. The number of esters is 1. The molecule has 1 N–H and O–H groups in total. The molecule has 1 aliphatic rings. The molecule has 0 radical (unpaired) electrons. The van der Waals surface area contributed by atoms with Crippen molar-refractivity contribution in [3.63, 3.8) is 0 Å². The maximum absolute atomic E-state index is 11.9. The summed E-state index contributed by atoms with van der Waals surface area (Å²) >= 11 is 0. The van der Waals surface area contributed by atoms with Crippen molar-refractivity contribution >= 4 is 17.8 Å². The number of piperazine rings is 1. The van der Waals surface area contributed by atoms with Gasteiger partial charge in [0.05, 0.1) is 6.54 Å². The number of rotatable bonds is 5. The van der Waals surface area contributed by atoms with Crippen LogP contribution in [0.25, 0.3) is 0 Å². The molecule has 1 aromatic carbocycles. The zero-order valence-electron chi connectivity index (χ0n) is 12.4. The highest BCUT2D eigenvalue weighted by Crippen LogP contribution is 2.11. The van der Waals surface area contributed by atoms with Crippen molar-refractivity contribution in [3.8, 4) is 0 Å². The number of nitrogens with zero attached hydrogens (tertiary/aromatic N) is 1. The summed E-state index contributed by atoms with van der Waals surface area (Å²) in [7, 11) is 1.61. The lowest BCUT2D eigenvalue weighted by molar-refractivity contribution is -0.145. The number of carbonyl (C=O) groups is 2. The maximum atomic E-state index is 11.9. The second-order valence-electron chi connectivity index (χ2n) is 5.16. The Morgan fingerprint density at radius 1 is 1.41 bits per heavy atom. The maximum Gasteiger partial charge on any atom is 0.306 e. The Labute approximate surface area is 128 Å². The van der Waals surface area contributed by atoms with Crippen LogP contribution >= 0.6 is 0 Å². The molecule has 1 amide bonds. The van der Waals surface area contributed by atoms with Crippen molar-refractivity contribution < 1.29 is 19.1 Å². The van der Waals surface area contributed by atoms with Gasteiger partial charge in [0.15, 0.2) is 0 Å². The van der Waals surface area contributed by atoms with E-state index in [1.165, 1.54) is 4.90 Å². The molecule has 1 heterocycles. The molecule has 6 nitrogen and oxygen atoms in total. The second-order valence-corrected chi connectivity index (χ2v) is 5.16. The summed E-state index contributed by atoms with van der Waals surface area (Å²) in [5.41, 5.74) is 1.23. The lowest BCUT2D eigenvalue weighted by Gasteiger charge is -2.31. The van der Waals surface area contributed by atoms with Gasteiger partial charge in [-0.3, -0.25) is 9.59 Å². The first kappa shape index (κ1) is 15.8. The van der Waals surface area contributed by atoms with Gasteiger partial charge in [-0.2, -0.15) is 0 Å². The van der Waals surface area contributed by atoms with E-state index in [1.807, 2.05) is 30.3 Å². The molecule has 1 aliphatic heterocycles. The van der Waals surface area contributed by atoms with E-state index in [2.05, 4.69) is 5.32 Å². The Morgan fingerprint density at radius 3 is 2.82 bits per heavy atom. The number of hydrogen-bond acceptors (Lipinski definition) is 5. The zero-order chi connectivity index (χ0) is 15.9. The summed E-state index contributed by atoms with van der Waals surface area (Å²) in [6.07, 6.45) is 0.387. The van der Waals surface area contributed by atoms with Gasteiger partial charge in [-0.05, 0) is 12.0 Å². The molecule has 116 valence electrons. The average Bonchev–Trinajstić information content (AvgIpc) is 2.55. The number of likely N-dealkylation sites (N-methyl/N-ethyl adjacent to an activating group) is 1. The highest BCUT2D eigenvalue weighted by molar-refractivity contribution is 5.85. The number of nitrogens with one attached hydrogen (secondary N) is 1. The molecule has 1 atom stereocenters. The van der Waals surface area contributed by atoms with Crippen LogP contribution in [0, 0.1) is 0 Å². The van der Waals surface area contributed by atoms with Gasteiger partial charge in [0.2, 0.25) is 5.91 Å². The third kappa shape index (κ3) is 4.20. The Balaban J connectivity index is 1.80. The molecule has 0 aromatic heterocycles. The van der Waals surface area contributed by atoms with E-state index in [9.17, 15) is 14.4 Å². The summed E-state index contributed by atoms with van der Waals surface area (Å²) in [6.45, 7) is 0.433. The summed E-state index contributed by atoms with van der Waals surface area (Å²) in [6, 6.07) is 8.79. The molecule has 1 saturated heterocycles. The van der Waals surface area contributed by atoms with Gasteiger partial charge in [0.1, 0.15) is 24.3 Å². The van der Waals surface area contributed by atoms with E-state index < -0.39 is 6.04 Å². The fourth-order valence-corrected chi connectivity index (χ4v) is 2.23. The molecular formula is C16H18N2O4. The Kier molecular flexibility index (Phi) is 5.33. The summed E-state index contributed by atoms with van der Waals surface area (Å²) in [5.74, 6) is 1.25. The Bertz CT molecular complexity index is 593. The monoisotopic (exact) mass is 302 g/mol. The van der Waals surface area contributed by atoms with Crippen LogP contribution in [0.2, 0.25) is 0 Å². The van der Waals surface area contributed by atoms with Gasteiger partial charge in [-0.15, -0.1) is 0 Å². The van der Waals surface area contributed by atoms with Crippen LogP contribution in [0.1, 0.15) is 18.4 Å². The van der Waals surface area contributed by atoms with Crippen LogP contribution in [0.5, 0.6) is 0 Å². The molecule has 0 spiro atoms. The van der Waals surface area contributed by atoms with Crippen molar-refractivity contribution in [2.24, 2.45) is 0 Å². The summed E-state index contributed by atoms with van der Waals surface area (Å²) < 4.78 is 5.16. The molecule has 0 aliphatic carbocycles. The van der Waals surface area contributed by atoms with Crippen molar-refractivity contribution in [2.45, 2.75) is 25.5 Å². The van der Waals surface area contributed by atoms with Crippen molar-refractivity contribution in [1.82, 2.24) is 10.2 Å². The standard InChI is InChI=1S/C16H18N2O4/c1-18-9-13(10-19)17-14(16(18)21)7-8-15(20)22-11-12-5-3-2-4-6-12/h2-6,14,17H,7-9,11H2,1H3.